The Hall–Kier alpha value is -0.0700. The zero-order valence-electron chi connectivity index (χ0n) is 9.10. The van der Waals surface area contributed by atoms with Crippen LogP contribution in [-0.4, -0.2) is 61.7 Å². The lowest BCUT2D eigenvalue weighted by Gasteiger charge is -2.26. The van der Waals surface area contributed by atoms with Crippen LogP contribution in [0, 0.1) is 0 Å². The second-order valence-electron chi connectivity index (χ2n) is 3.77. The molecule has 0 saturated carbocycles. The second kappa shape index (κ2) is 5.32. The third-order valence-corrected chi connectivity index (χ3v) is 5.20. The molecule has 1 atom stereocenters. The first-order valence-corrected chi connectivity index (χ1v) is 8.04. The Morgan fingerprint density at radius 1 is 1.40 bits per heavy atom. The molecular formula is C9H17NO3S2. The van der Waals surface area contributed by atoms with E-state index in [0.29, 0.717) is 19.6 Å². The third kappa shape index (κ3) is 4.12. The van der Waals surface area contributed by atoms with Crippen molar-refractivity contribution in [2.45, 2.75) is 12.2 Å². The Morgan fingerprint density at radius 2 is 1.93 bits per heavy atom. The lowest BCUT2D eigenvalue weighted by Crippen LogP contribution is -2.43. The number of ketones is 1. The number of carbonyl (C=O) groups is 1. The maximum Gasteiger partial charge on any atom is 0.159 e. The van der Waals surface area contributed by atoms with Gasteiger partial charge in [-0.3, -0.25) is 9.69 Å². The van der Waals surface area contributed by atoms with E-state index in [4.69, 9.17) is 0 Å². The predicted octanol–water partition coefficient (Wildman–Crippen LogP) is 0.0374. The lowest BCUT2D eigenvalue weighted by atomic mass is 10.3. The zero-order valence-corrected chi connectivity index (χ0v) is 10.7. The third-order valence-electron chi connectivity index (χ3n) is 2.62. The minimum absolute atomic E-state index is 0.00327. The van der Waals surface area contributed by atoms with Gasteiger partial charge in [0.25, 0.3) is 0 Å². The summed E-state index contributed by atoms with van der Waals surface area (Å²) < 4.78 is 22.3. The highest BCUT2D eigenvalue weighted by molar-refractivity contribution is 7.99. The molecule has 1 aliphatic rings. The second-order valence-corrected chi connectivity index (χ2v) is 7.25. The van der Waals surface area contributed by atoms with Crippen LogP contribution in [0.3, 0.4) is 0 Å². The fourth-order valence-corrected chi connectivity index (χ4v) is 3.00. The summed E-state index contributed by atoms with van der Waals surface area (Å²) in [7, 11) is -2.84. The number of hydrogen-bond donors (Lipinski definition) is 0. The normalized spacial score (nSPS) is 23.6. The van der Waals surface area contributed by atoms with Gasteiger partial charge in [0.15, 0.2) is 15.6 Å². The van der Waals surface area contributed by atoms with Crippen molar-refractivity contribution in [2.24, 2.45) is 0 Å². The fraction of sp³-hybridized carbons (Fsp3) is 0.889. The highest BCUT2D eigenvalue weighted by atomic mass is 32.2. The molecule has 0 aliphatic carbocycles. The molecule has 0 radical (unpaired) electrons. The minimum Gasteiger partial charge on any atom is -0.297 e. The fourth-order valence-electron chi connectivity index (χ4n) is 1.39. The molecule has 0 aromatic carbocycles. The first kappa shape index (κ1) is 13.0. The number of carbonyl (C=O) groups excluding carboxylic acids is 1. The maximum atomic E-state index is 11.6. The molecule has 6 heteroatoms. The summed E-state index contributed by atoms with van der Waals surface area (Å²) in [6.45, 7) is 3.26. The van der Waals surface area contributed by atoms with Crippen LogP contribution in [0.4, 0.5) is 0 Å². The molecule has 0 N–H and O–H groups in total. The summed E-state index contributed by atoms with van der Waals surface area (Å²) in [6.07, 6.45) is 1.91. The van der Waals surface area contributed by atoms with E-state index in [2.05, 4.69) is 0 Å². The summed E-state index contributed by atoms with van der Waals surface area (Å²) in [6, 6.07) is 0. The SMILES string of the molecule is CSC(C)C(=O)CN1CCS(=O)(=O)CC1. The van der Waals surface area contributed by atoms with E-state index in [9.17, 15) is 13.2 Å². The number of Topliss-reactive ketones (excluding diaryl/α,β-unsaturated/α-hetero) is 1. The Labute approximate surface area is 95.3 Å². The van der Waals surface area contributed by atoms with Crippen LogP contribution >= 0.6 is 11.8 Å². The van der Waals surface area contributed by atoms with Gasteiger partial charge in [-0.25, -0.2) is 8.42 Å². The van der Waals surface area contributed by atoms with Crippen LogP contribution in [0.2, 0.25) is 0 Å². The molecule has 1 unspecified atom stereocenters. The molecule has 1 fully saturated rings. The van der Waals surface area contributed by atoms with Gasteiger partial charge in [-0.15, -0.1) is 0 Å². The van der Waals surface area contributed by atoms with Crippen LogP contribution < -0.4 is 0 Å². The van der Waals surface area contributed by atoms with Crippen molar-refractivity contribution in [3.8, 4) is 0 Å². The van der Waals surface area contributed by atoms with E-state index in [0.717, 1.165) is 0 Å². The quantitative estimate of drug-likeness (QED) is 0.706. The van der Waals surface area contributed by atoms with Gasteiger partial charge in [-0.2, -0.15) is 11.8 Å². The molecule has 15 heavy (non-hydrogen) atoms. The molecule has 1 saturated heterocycles. The number of rotatable bonds is 4. The molecule has 1 heterocycles. The molecule has 1 rings (SSSR count). The molecule has 88 valence electrons. The predicted molar refractivity (Wildman–Crippen MR) is 63.1 cm³/mol. The number of nitrogens with zero attached hydrogens (tertiary/aromatic N) is 1. The topological polar surface area (TPSA) is 54.5 Å². The number of sulfone groups is 1. The summed E-state index contributed by atoms with van der Waals surface area (Å²) in [4.78, 5) is 13.5. The van der Waals surface area contributed by atoms with Crippen molar-refractivity contribution >= 4 is 27.4 Å². The Balaban J connectivity index is 2.39. The number of thioether (sulfide) groups is 1. The zero-order chi connectivity index (χ0) is 11.5. The van der Waals surface area contributed by atoms with E-state index in [-0.39, 0.29) is 22.5 Å². The van der Waals surface area contributed by atoms with Gasteiger partial charge < -0.3 is 0 Å². The van der Waals surface area contributed by atoms with E-state index in [1.807, 2.05) is 18.1 Å². The summed E-state index contributed by atoms with van der Waals surface area (Å²) in [5.41, 5.74) is 0. The van der Waals surface area contributed by atoms with Gasteiger partial charge in [0.1, 0.15) is 0 Å². The van der Waals surface area contributed by atoms with E-state index in [1.165, 1.54) is 11.8 Å². The van der Waals surface area contributed by atoms with Crippen LogP contribution in [0.1, 0.15) is 6.92 Å². The number of hydrogen-bond acceptors (Lipinski definition) is 5. The highest BCUT2D eigenvalue weighted by Gasteiger charge is 2.24. The molecule has 1 aliphatic heterocycles. The first-order valence-electron chi connectivity index (χ1n) is 4.93. The standard InChI is InChI=1S/C9H17NO3S2/c1-8(14-2)9(11)7-10-3-5-15(12,13)6-4-10/h8H,3-7H2,1-2H3. The Kier molecular flexibility index (Phi) is 4.61. The van der Waals surface area contributed by atoms with Crippen molar-refractivity contribution in [1.82, 2.24) is 4.90 Å². The van der Waals surface area contributed by atoms with Crippen molar-refractivity contribution in [2.75, 3.05) is 37.4 Å². The molecule has 0 amide bonds. The smallest absolute Gasteiger partial charge is 0.159 e. The van der Waals surface area contributed by atoms with Gasteiger partial charge in [0, 0.05) is 13.1 Å². The summed E-state index contributed by atoms with van der Waals surface area (Å²) in [5, 5.41) is 0.00327. The lowest BCUT2D eigenvalue weighted by molar-refractivity contribution is -0.119. The van der Waals surface area contributed by atoms with Gasteiger partial charge in [-0.05, 0) is 13.2 Å². The average Bonchev–Trinajstić information content (AvgIpc) is 2.20. The molecule has 0 aromatic rings. The van der Waals surface area contributed by atoms with Gasteiger partial charge in [0.05, 0.1) is 23.3 Å². The van der Waals surface area contributed by atoms with Crippen LogP contribution in [-0.2, 0) is 14.6 Å². The monoisotopic (exact) mass is 251 g/mol. The molecule has 0 bridgehead atoms. The first-order chi connectivity index (χ1) is 6.94. The van der Waals surface area contributed by atoms with Gasteiger partial charge in [-0.1, -0.05) is 0 Å². The molecule has 4 nitrogen and oxygen atoms in total. The maximum absolute atomic E-state index is 11.6. The van der Waals surface area contributed by atoms with Crippen molar-refractivity contribution in [3.63, 3.8) is 0 Å². The highest BCUT2D eigenvalue weighted by Crippen LogP contribution is 2.09. The Bertz CT molecular complexity index is 312. The van der Waals surface area contributed by atoms with Crippen LogP contribution in [0.5, 0.6) is 0 Å². The van der Waals surface area contributed by atoms with Crippen LogP contribution in [0.15, 0.2) is 0 Å². The van der Waals surface area contributed by atoms with Gasteiger partial charge in [0.2, 0.25) is 0 Å². The minimum atomic E-state index is -2.84. The van der Waals surface area contributed by atoms with Crippen LogP contribution in [0.25, 0.3) is 0 Å². The Morgan fingerprint density at radius 3 is 2.40 bits per heavy atom. The van der Waals surface area contributed by atoms with Crippen molar-refractivity contribution in [3.05, 3.63) is 0 Å². The molecule has 0 spiro atoms. The van der Waals surface area contributed by atoms with E-state index in [1.54, 1.807) is 0 Å². The summed E-state index contributed by atoms with van der Waals surface area (Å²) >= 11 is 1.53. The van der Waals surface area contributed by atoms with Crippen molar-refractivity contribution in [1.29, 1.82) is 0 Å². The van der Waals surface area contributed by atoms with E-state index >= 15 is 0 Å². The largest absolute Gasteiger partial charge is 0.297 e. The molecular weight excluding hydrogens is 234 g/mol. The van der Waals surface area contributed by atoms with Gasteiger partial charge >= 0.3 is 0 Å². The van der Waals surface area contributed by atoms with E-state index < -0.39 is 9.84 Å². The van der Waals surface area contributed by atoms with Crippen molar-refractivity contribution < 1.29 is 13.2 Å². The summed E-state index contributed by atoms with van der Waals surface area (Å²) in [5.74, 6) is 0.559. The average molecular weight is 251 g/mol. The molecule has 0 aromatic heterocycles.